The first-order valence-corrected chi connectivity index (χ1v) is 16.1. The van der Waals surface area contributed by atoms with Gasteiger partial charge in [-0.2, -0.15) is 0 Å². The molecule has 8 nitrogen and oxygen atoms in total. The van der Waals surface area contributed by atoms with Gasteiger partial charge in [0.25, 0.3) is 0 Å². The average molecular weight is 617 g/mol. The van der Waals surface area contributed by atoms with Gasteiger partial charge in [0, 0.05) is 37.9 Å². The molecule has 0 aliphatic heterocycles. The number of hydrogen-bond acceptors (Lipinski definition) is 7. The molecule has 0 unspecified atom stereocenters. The summed E-state index contributed by atoms with van der Waals surface area (Å²) in [5.74, 6) is -2.04. The zero-order valence-corrected chi connectivity index (χ0v) is 32.4. The molecule has 0 saturated carbocycles. The number of carbonyl (C=O) groups is 4. The number of nitrogens with zero attached hydrogens (tertiary/aromatic N) is 1. The predicted octanol–water partition coefficient (Wildman–Crippen LogP) is -0.557. The Morgan fingerprint density at radius 2 is 0.738 bits per heavy atom. The van der Waals surface area contributed by atoms with Gasteiger partial charge in [0.05, 0.1) is 0 Å². The second kappa shape index (κ2) is 43.2. The van der Waals surface area contributed by atoms with E-state index in [2.05, 4.69) is 13.8 Å². The van der Waals surface area contributed by atoms with Crippen molar-refractivity contribution in [3.05, 3.63) is 0 Å². The Hall–Kier alpha value is 0.0400. The first kappa shape index (κ1) is 51.6. The molecule has 0 fully saturated rings. The monoisotopic (exact) mass is 616 g/mol. The Labute approximate surface area is 302 Å². The summed E-state index contributed by atoms with van der Waals surface area (Å²) in [5.41, 5.74) is 5.65. The van der Waals surface area contributed by atoms with Crippen molar-refractivity contribution in [2.45, 2.75) is 169 Å². The Morgan fingerprint density at radius 3 is 0.952 bits per heavy atom. The molecule has 0 radical (unpaired) electrons. The van der Waals surface area contributed by atoms with Gasteiger partial charge >= 0.3 is 59.1 Å². The molecule has 0 atom stereocenters. The molecule has 0 aliphatic carbocycles. The van der Waals surface area contributed by atoms with Gasteiger partial charge in [0.1, 0.15) is 0 Å². The van der Waals surface area contributed by atoms with Crippen LogP contribution in [-0.2, 0) is 19.2 Å². The van der Waals surface area contributed by atoms with Crippen LogP contribution >= 0.6 is 0 Å². The van der Waals surface area contributed by atoms with Gasteiger partial charge in [-0.15, -0.1) is 0 Å². The van der Waals surface area contributed by atoms with E-state index in [4.69, 9.17) is 5.73 Å². The quantitative estimate of drug-likeness (QED) is 0.113. The van der Waals surface area contributed by atoms with Crippen LogP contribution in [0, 0.1) is 0 Å². The summed E-state index contributed by atoms with van der Waals surface area (Å²) in [5, 5.41) is 18.5. The van der Waals surface area contributed by atoms with Crippen LogP contribution < -0.4 is 75.1 Å². The summed E-state index contributed by atoms with van der Waals surface area (Å²) in [6.07, 6.45) is 23.3. The van der Waals surface area contributed by atoms with E-state index in [1.165, 1.54) is 109 Å². The van der Waals surface area contributed by atoms with Crippen LogP contribution in [0.2, 0.25) is 0 Å². The fraction of sp³-hybridized carbons (Fsp3) is 0.875. The molecule has 0 spiro atoms. The summed E-state index contributed by atoms with van der Waals surface area (Å²) in [6, 6.07) is 0. The maximum Gasteiger partial charge on any atom is 1.00 e. The second-order valence-corrected chi connectivity index (χ2v) is 10.3. The fourth-order valence-electron chi connectivity index (χ4n) is 3.96. The van der Waals surface area contributed by atoms with Crippen molar-refractivity contribution in [2.24, 2.45) is 5.73 Å². The SMILES string of the molecule is CCC(=O)[O-].CCC(=O)[O-].CCCCCCCCCCCC(=O)N(CCN)C(=O)CCCCCCCCCCC.[Na+].[Na+]. The Morgan fingerprint density at radius 1 is 0.500 bits per heavy atom. The molecule has 0 rings (SSSR count). The third-order valence-corrected chi connectivity index (χ3v) is 6.52. The van der Waals surface area contributed by atoms with E-state index < -0.39 is 11.9 Å². The first-order valence-electron chi connectivity index (χ1n) is 16.1. The molecule has 10 heteroatoms. The van der Waals surface area contributed by atoms with Gasteiger partial charge in [-0.25, -0.2) is 0 Å². The molecular weight excluding hydrogens is 554 g/mol. The molecule has 0 aromatic carbocycles. The van der Waals surface area contributed by atoms with E-state index in [0.29, 0.717) is 25.9 Å². The molecule has 2 N–H and O–H groups in total. The molecule has 42 heavy (non-hydrogen) atoms. The molecule has 0 aromatic heterocycles. The van der Waals surface area contributed by atoms with Crippen LogP contribution in [0.4, 0.5) is 0 Å². The van der Waals surface area contributed by atoms with Gasteiger partial charge < -0.3 is 25.5 Å². The molecule has 2 amide bonds. The summed E-state index contributed by atoms with van der Waals surface area (Å²) >= 11 is 0. The second-order valence-electron chi connectivity index (χ2n) is 10.3. The number of imide groups is 1. The van der Waals surface area contributed by atoms with Crippen LogP contribution in [0.3, 0.4) is 0 Å². The molecular formula is C32H62N2Na2O6. The van der Waals surface area contributed by atoms with Crippen LogP contribution in [-0.4, -0.2) is 41.7 Å². The van der Waals surface area contributed by atoms with Crippen molar-refractivity contribution in [3.8, 4) is 0 Å². The number of amides is 2. The maximum atomic E-state index is 12.5. The zero-order chi connectivity index (χ0) is 30.9. The molecule has 0 aliphatic rings. The smallest absolute Gasteiger partial charge is 0.550 e. The van der Waals surface area contributed by atoms with Crippen molar-refractivity contribution in [3.63, 3.8) is 0 Å². The van der Waals surface area contributed by atoms with E-state index in [1.54, 1.807) is 0 Å². The third-order valence-electron chi connectivity index (χ3n) is 6.52. The number of hydrogen-bond donors (Lipinski definition) is 1. The van der Waals surface area contributed by atoms with E-state index in [9.17, 15) is 29.4 Å². The van der Waals surface area contributed by atoms with Crippen LogP contribution in [0.15, 0.2) is 0 Å². The minimum Gasteiger partial charge on any atom is -0.550 e. The Bertz CT molecular complexity index is 562. The van der Waals surface area contributed by atoms with Gasteiger partial charge in [0.15, 0.2) is 0 Å². The number of nitrogens with two attached hydrogens (primary N) is 1. The molecule has 0 heterocycles. The standard InChI is InChI=1S/C26H52N2O2.2C3H6O2.2Na/c1-3-5-7-9-11-13-15-17-19-21-25(29)28(24-23-27)26(30)22-20-18-16-14-12-10-8-6-4-2;2*1-2-3(4)5;;/h3-24,27H2,1-2H3;2*2H2,1H3,(H,4,5);;/q;;;2*+1/p-2. The van der Waals surface area contributed by atoms with E-state index in [-0.39, 0.29) is 83.8 Å². The normalized spacial score (nSPS) is 9.64. The van der Waals surface area contributed by atoms with Crippen molar-refractivity contribution in [1.29, 1.82) is 0 Å². The largest absolute Gasteiger partial charge is 1.00 e. The van der Waals surface area contributed by atoms with Crippen molar-refractivity contribution >= 4 is 23.8 Å². The van der Waals surface area contributed by atoms with Crippen molar-refractivity contribution < 1.29 is 88.5 Å². The number of carbonyl (C=O) groups excluding carboxylic acids is 4. The van der Waals surface area contributed by atoms with Gasteiger partial charge in [0.2, 0.25) is 11.8 Å². The first-order chi connectivity index (χ1) is 19.2. The summed E-state index contributed by atoms with van der Waals surface area (Å²) < 4.78 is 0. The Balaban J connectivity index is -0.000000325. The number of carboxylic acids is 2. The predicted molar refractivity (Wildman–Crippen MR) is 160 cm³/mol. The molecule has 238 valence electrons. The number of aliphatic carboxylic acids is 2. The number of carboxylic acid groups (broad SMARTS) is 2. The van der Waals surface area contributed by atoms with Crippen molar-refractivity contribution in [2.75, 3.05) is 13.1 Å². The molecule has 0 aromatic rings. The van der Waals surface area contributed by atoms with E-state index >= 15 is 0 Å². The minimum atomic E-state index is -0.995. The number of unbranched alkanes of at least 4 members (excludes halogenated alkanes) is 16. The third kappa shape index (κ3) is 44.5. The number of rotatable bonds is 24. The van der Waals surface area contributed by atoms with Gasteiger partial charge in [-0.05, 0) is 25.7 Å². The van der Waals surface area contributed by atoms with E-state index in [1.807, 2.05) is 0 Å². The van der Waals surface area contributed by atoms with Gasteiger partial charge in [-0.3, -0.25) is 14.5 Å². The topological polar surface area (TPSA) is 144 Å². The average Bonchev–Trinajstić information content (AvgIpc) is 2.94. The maximum absolute atomic E-state index is 12.5. The van der Waals surface area contributed by atoms with Crippen LogP contribution in [0.1, 0.15) is 169 Å². The summed E-state index contributed by atoms with van der Waals surface area (Å²) in [4.78, 5) is 44.9. The molecule has 0 saturated heterocycles. The van der Waals surface area contributed by atoms with Gasteiger partial charge in [-0.1, -0.05) is 130 Å². The molecule has 0 bridgehead atoms. The zero-order valence-electron chi connectivity index (χ0n) is 28.4. The van der Waals surface area contributed by atoms with Crippen LogP contribution in [0.5, 0.6) is 0 Å². The Kier molecular flexibility index (Phi) is 53.0. The summed E-state index contributed by atoms with van der Waals surface area (Å²) in [7, 11) is 0. The fourth-order valence-corrected chi connectivity index (χ4v) is 3.96. The van der Waals surface area contributed by atoms with Crippen LogP contribution in [0.25, 0.3) is 0 Å². The minimum absolute atomic E-state index is 0. The summed E-state index contributed by atoms with van der Waals surface area (Å²) in [6.45, 7) is 8.28. The van der Waals surface area contributed by atoms with Crippen molar-refractivity contribution in [1.82, 2.24) is 4.90 Å². The van der Waals surface area contributed by atoms with E-state index in [0.717, 1.165) is 25.7 Å².